The lowest BCUT2D eigenvalue weighted by molar-refractivity contribution is -0.136. The number of primary amides is 1. The molecule has 148 valence electrons. The molecular formula is C19H21N3O5S. The van der Waals surface area contributed by atoms with Gasteiger partial charge in [-0.2, -0.15) is 0 Å². The predicted octanol–water partition coefficient (Wildman–Crippen LogP) is 1.60. The standard InChI is InChI=1S/C19H21N3O5S/c20-16(23)12-27-14-7-3-2-6-13(14)10-15-18(25)22(19(26)28-15)11-17(24)21-8-4-1-5-9-21/h2-3,6-7,10H,1,4-5,8-9,11-12H2,(H2,20,23). The molecule has 0 unspecified atom stereocenters. The first-order valence-electron chi connectivity index (χ1n) is 8.99. The molecule has 0 radical (unpaired) electrons. The molecule has 0 aromatic heterocycles. The van der Waals surface area contributed by atoms with Gasteiger partial charge in [0.15, 0.2) is 6.61 Å². The summed E-state index contributed by atoms with van der Waals surface area (Å²) in [5.74, 6) is -0.970. The number of imide groups is 1. The largest absolute Gasteiger partial charge is 0.483 e. The van der Waals surface area contributed by atoms with E-state index < -0.39 is 17.1 Å². The van der Waals surface area contributed by atoms with E-state index in [0.29, 0.717) is 24.4 Å². The summed E-state index contributed by atoms with van der Waals surface area (Å²) in [5, 5.41) is -0.475. The van der Waals surface area contributed by atoms with Crippen LogP contribution in [0.1, 0.15) is 24.8 Å². The Hall–Kier alpha value is -2.81. The normalized spacial score (nSPS) is 18.6. The van der Waals surface area contributed by atoms with E-state index in [-0.39, 0.29) is 24.0 Å². The van der Waals surface area contributed by atoms with E-state index in [4.69, 9.17) is 10.5 Å². The first-order valence-corrected chi connectivity index (χ1v) is 9.80. The highest BCUT2D eigenvalue weighted by Gasteiger charge is 2.37. The highest BCUT2D eigenvalue weighted by Crippen LogP contribution is 2.34. The molecule has 28 heavy (non-hydrogen) atoms. The number of carbonyl (C=O) groups is 4. The van der Waals surface area contributed by atoms with Crippen LogP contribution in [0.3, 0.4) is 0 Å². The van der Waals surface area contributed by atoms with Crippen molar-refractivity contribution in [1.82, 2.24) is 9.80 Å². The second kappa shape index (κ2) is 8.92. The molecule has 0 aliphatic carbocycles. The minimum absolute atomic E-state index is 0.201. The van der Waals surface area contributed by atoms with Gasteiger partial charge in [-0.3, -0.25) is 24.1 Å². The van der Waals surface area contributed by atoms with Crippen molar-refractivity contribution < 1.29 is 23.9 Å². The van der Waals surface area contributed by atoms with Crippen molar-refractivity contribution >= 4 is 40.8 Å². The highest BCUT2D eigenvalue weighted by molar-refractivity contribution is 8.18. The number of likely N-dealkylation sites (tertiary alicyclic amines) is 1. The quantitative estimate of drug-likeness (QED) is 0.723. The number of nitrogens with two attached hydrogens (primary N) is 1. The van der Waals surface area contributed by atoms with E-state index in [2.05, 4.69) is 0 Å². The monoisotopic (exact) mass is 403 g/mol. The van der Waals surface area contributed by atoms with Crippen LogP contribution in [-0.4, -0.2) is 59.0 Å². The zero-order valence-electron chi connectivity index (χ0n) is 15.3. The number of hydrogen-bond donors (Lipinski definition) is 1. The third kappa shape index (κ3) is 4.72. The number of rotatable bonds is 6. The fourth-order valence-corrected chi connectivity index (χ4v) is 3.87. The van der Waals surface area contributed by atoms with Crippen molar-refractivity contribution in [3.8, 4) is 5.75 Å². The van der Waals surface area contributed by atoms with Gasteiger partial charge in [-0.15, -0.1) is 0 Å². The summed E-state index contributed by atoms with van der Waals surface area (Å²) in [6, 6.07) is 6.80. The SMILES string of the molecule is NC(=O)COc1ccccc1C=C1SC(=O)N(CC(=O)N2CCCCC2)C1=O. The van der Waals surface area contributed by atoms with E-state index in [9.17, 15) is 19.2 Å². The maximum atomic E-state index is 12.6. The van der Waals surface area contributed by atoms with Crippen molar-refractivity contribution in [1.29, 1.82) is 0 Å². The van der Waals surface area contributed by atoms with Crippen LogP contribution in [0.2, 0.25) is 0 Å². The number of nitrogens with zero attached hydrogens (tertiary/aromatic N) is 2. The van der Waals surface area contributed by atoms with E-state index >= 15 is 0 Å². The van der Waals surface area contributed by atoms with Gasteiger partial charge in [0.1, 0.15) is 12.3 Å². The van der Waals surface area contributed by atoms with Crippen molar-refractivity contribution in [3.63, 3.8) is 0 Å². The molecule has 2 N–H and O–H groups in total. The highest BCUT2D eigenvalue weighted by atomic mass is 32.2. The van der Waals surface area contributed by atoms with Crippen molar-refractivity contribution in [2.75, 3.05) is 26.2 Å². The zero-order valence-corrected chi connectivity index (χ0v) is 16.1. The van der Waals surface area contributed by atoms with Crippen molar-refractivity contribution in [2.45, 2.75) is 19.3 Å². The summed E-state index contributed by atoms with van der Waals surface area (Å²) < 4.78 is 5.34. The van der Waals surface area contributed by atoms with Gasteiger partial charge in [0.05, 0.1) is 4.91 Å². The zero-order chi connectivity index (χ0) is 20.1. The van der Waals surface area contributed by atoms with Gasteiger partial charge in [-0.1, -0.05) is 18.2 Å². The molecule has 1 aromatic carbocycles. The average molecular weight is 403 g/mol. The molecule has 0 saturated carbocycles. The molecule has 2 saturated heterocycles. The number of piperidine rings is 1. The van der Waals surface area contributed by atoms with E-state index in [1.807, 2.05) is 0 Å². The molecule has 1 aromatic rings. The number of thioether (sulfide) groups is 1. The minimum atomic E-state index is -0.619. The van der Waals surface area contributed by atoms with Gasteiger partial charge >= 0.3 is 0 Å². The van der Waals surface area contributed by atoms with E-state index in [0.717, 1.165) is 35.9 Å². The number of hydrogen-bond acceptors (Lipinski definition) is 6. The van der Waals surface area contributed by atoms with E-state index in [1.54, 1.807) is 29.2 Å². The Morgan fingerprint density at radius 1 is 1.14 bits per heavy atom. The molecule has 2 heterocycles. The molecule has 2 aliphatic heterocycles. The fourth-order valence-electron chi connectivity index (χ4n) is 3.04. The molecule has 2 aliphatic rings. The van der Waals surface area contributed by atoms with E-state index in [1.165, 1.54) is 6.08 Å². The Bertz CT molecular complexity index is 833. The lowest BCUT2D eigenvalue weighted by Crippen LogP contribution is -2.44. The van der Waals surface area contributed by atoms with Crippen LogP contribution in [0.25, 0.3) is 6.08 Å². The number of para-hydroxylation sites is 1. The average Bonchev–Trinajstić information content (AvgIpc) is 2.95. The van der Waals surface area contributed by atoms with Gasteiger partial charge in [0.25, 0.3) is 17.1 Å². The topological polar surface area (TPSA) is 110 Å². The minimum Gasteiger partial charge on any atom is -0.483 e. The summed E-state index contributed by atoms with van der Waals surface area (Å²) >= 11 is 0.779. The van der Waals surface area contributed by atoms with Crippen LogP contribution in [0, 0.1) is 0 Å². The second-order valence-electron chi connectivity index (χ2n) is 6.50. The van der Waals surface area contributed by atoms with Gasteiger partial charge in [0, 0.05) is 18.7 Å². The first-order chi connectivity index (χ1) is 13.5. The van der Waals surface area contributed by atoms with Gasteiger partial charge in [-0.05, 0) is 43.2 Å². The molecular weight excluding hydrogens is 382 g/mol. The van der Waals surface area contributed by atoms with Crippen molar-refractivity contribution in [3.05, 3.63) is 34.7 Å². The molecule has 4 amide bonds. The van der Waals surface area contributed by atoms with Gasteiger partial charge in [-0.25, -0.2) is 0 Å². The Kier molecular flexibility index (Phi) is 6.35. The van der Waals surface area contributed by atoms with Crippen molar-refractivity contribution in [2.24, 2.45) is 5.73 Å². The number of carbonyl (C=O) groups excluding carboxylic acids is 4. The first kappa shape index (κ1) is 19.9. The molecule has 0 spiro atoms. The Balaban J connectivity index is 1.72. The van der Waals surface area contributed by atoms with Crippen LogP contribution >= 0.6 is 11.8 Å². The summed E-state index contributed by atoms with van der Waals surface area (Å²) in [5.41, 5.74) is 5.63. The second-order valence-corrected chi connectivity index (χ2v) is 7.50. The summed E-state index contributed by atoms with van der Waals surface area (Å²) in [6.45, 7) is 0.781. The molecule has 0 atom stereocenters. The lowest BCUT2D eigenvalue weighted by atomic mass is 10.1. The smallest absolute Gasteiger partial charge is 0.294 e. The maximum absolute atomic E-state index is 12.6. The fraction of sp³-hybridized carbons (Fsp3) is 0.368. The Morgan fingerprint density at radius 3 is 2.57 bits per heavy atom. The van der Waals surface area contributed by atoms with Gasteiger partial charge < -0.3 is 15.4 Å². The molecule has 2 fully saturated rings. The van der Waals surface area contributed by atoms with Gasteiger partial charge in [0.2, 0.25) is 5.91 Å². The van der Waals surface area contributed by atoms with Crippen LogP contribution in [0.4, 0.5) is 4.79 Å². The summed E-state index contributed by atoms with van der Waals surface area (Å²) in [7, 11) is 0. The number of amides is 4. The predicted molar refractivity (Wildman–Crippen MR) is 104 cm³/mol. The van der Waals surface area contributed by atoms with Crippen LogP contribution in [-0.2, 0) is 14.4 Å². The third-order valence-electron chi connectivity index (χ3n) is 4.45. The molecule has 3 rings (SSSR count). The lowest BCUT2D eigenvalue weighted by Gasteiger charge is -2.27. The van der Waals surface area contributed by atoms with Crippen LogP contribution < -0.4 is 10.5 Å². The molecule has 0 bridgehead atoms. The molecule has 9 heteroatoms. The number of ether oxygens (including phenoxy) is 1. The Morgan fingerprint density at radius 2 is 1.86 bits per heavy atom. The summed E-state index contributed by atoms with van der Waals surface area (Å²) in [4.78, 5) is 51.1. The summed E-state index contributed by atoms with van der Waals surface area (Å²) in [6.07, 6.45) is 4.49. The maximum Gasteiger partial charge on any atom is 0.294 e. The van der Waals surface area contributed by atoms with Crippen LogP contribution in [0.5, 0.6) is 5.75 Å². The van der Waals surface area contributed by atoms with Crippen LogP contribution in [0.15, 0.2) is 29.2 Å². The number of benzene rings is 1. The molecule has 8 nitrogen and oxygen atoms in total. The third-order valence-corrected chi connectivity index (χ3v) is 5.36. The Labute approximate surface area is 166 Å².